The van der Waals surface area contributed by atoms with Crippen LogP contribution in [0.5, 0.6) is 0 Å². The molecule has 0 fully saturated rings. The molecule has 7 heteroatoms. The van der Waals surface area contributed by atoms with Crippen LogP contribution in [-0.4, -0.2) is 48.7 Å². The molecule has 2 rings (SSSR count). The van der Waals surface area contributed by atoms with E-state index in [1.165, 1.54) is 10.9 Å². The second-order valence-corrected chi connectivity index (χ2v) is 4.70. The summed E-state index contributed by atoms with van der Waals surface area (Å²) >= 11 is 0. The van der Waals surface area contributed by atoms with Gasteiger partial charge in [0, 0.05) is 13.1 Å². The fourth-order valence-electron chi connectivity index (χ4n) is 2.14. The number of nitrogens with zero attached hydrogens (tertiary/aromatic N) is 3. The number of aromatic amines is 1. The van der Waals surface area contributed by atoms with Crippen molar-refractivity contribution >= 4 is 40.7 Å². The van der Waals surface area contributed by atoms with E-state index >= 15 is 0 Å². The Labute approximate surface area is 139 Å². The Morgan fingerprint density at radius 1 is 1.10 bits per heavy atom. The van der Waals surface area contributed by atoms with E-state index in [0.717, 1.165) is 25.7 Å². The first kappa shape index (κ1) is 17.2. The zero-order valence-corrected chi connectivity index (χ0v) is 11.5. The van der Waals surface area contributed by atoms with Gasteiger partial charge in [0.2, 0.25) is 0 Å². The average Bonchev–Trinajstić information content (AvgIpc) is 2.88. The van der Waals surface area contributed by atoms with Crippen molar-refractivity contribution in [3.8, 4) is 0 Å². The maximum atomic E-state index is 12.4. The van der Waals surface area contributed by atoms with Crippen molar-refractivity contribution in [3.05, 3.63) is 27.2 Å². The van der Waals surface area contributed by atoms with Crippen LogP contribution in [0.25, 0.3) is 11.2 Å². The van der Waals surface area contributed by atoms with Crippen LogP contribution < -0.4 is 11.2 Å². The van der Waals surface area contributed by atoms with E-state index in [4.69, 9.17) is 0 Å². The zero-order chi connectivity index (χ0) is 13.8. The van der Waals surface area contributed by atoms with Gasteiger partial charge in [-0.3, -0.25) is 13.9 Å². The van der Waals surface area contributed by atoms with Gasteiger partial charge in [-0.1, -0.05) is 26.7 Å². The Bertz CT molecular complexity index is 671. The molecule has 6 nitrogen and oxygen atoms in total. The van der Waals surface area contributed by atoms with E-state index in [2.05, 4.69) is 16.9 Å². The molecule has 2 aromatic heterocycles. The second-order valence-electron chi connectivity index (χ2n) is 4.70. The summed E-state index contributed by atoms with van der Waals surface area (Å²) < 4.78 is 2.92. The predicted molar refractivity (Wildman–Crippen MR) is 81.6 cm³/mol. The van der Waals surface area contributed by atoms with Crippen LogP contribution in [0.2, 0.25) is 0 Å². The summed E-state index contributed by atoms with van der Waals surface area (Å²) in [5, 5.41) is 0. The molecule has 0 radical (unpaired) electrons. The van der Waals surface area contributed by atoms with Crippen LogP contribution in [0.1, 0.15) is 39.5 Å². The Kier molecular flexibility index (Phi) is 6.71. The van der Waals surface area contributed by atoms with Gasteiger partial charge in [0.15, 0.2) is 5.65 Å². The van der Waals surface area contributed by atoms with Gasteiger partial charge in [-0.2, -0.15) is 0 Å². The molecule has 0 aliphatic rings. The van der Waals surface area contributed by atoms with Gasteiger partial charge in [-0.25, -0.2) is 9.78 Å². The van der Waals surface area contributed by atoms with Crippen LogP contribution in [0, 0.1) is 0 Å². The predicted octanol–water partition coefficient (Wildman–Crippen LogP) is 0.838. The summed E-state index contributed by atoms with van der Waals surface area (Å²) in [5.41, 5.74) is 0.383. The molecule has 0 saturated carbocycles. The topological polar surface area (TPSA) is 72.7 Å². The first-order valence-electron chi connectivity index (χ1n) is 6.87. The summed E-state index contributed by atoms with van der Waals surface area (Å²) in [6, 6.07) is 0. The van der Waals surface area contributed by atoms with Gasteiger partial charge < -0.3 is 4.98 Å². The third-order valence-corrected chi connectivity index (χ3v) is 3.27. The van der Waals surface area contributed by atoms with E-state index < -0.39 is 0 Å². The average molecular weight is 288 g/mol. The van der Waals surface area contributed by atoms with Crippen molar-refractivity contribution < 1.29 is 0 Å². The number of unbranched alkanes of at least 4 members (excludes halogenated alkanes) is 2. The van der Waals surface area contributed by atoms with Gasteiger partial charge >= 0.3 is 35.2 Å². The van der Waals surface area contributed by atoms with E-state index in [9.17, 15) is 9.59 Å². The fourth-order valence-corrected chi connectivity index (χ4v) is 2.14. The first-order chi connectivity index (χ1) is 9.20. The molecule has 0 amide bonds. The minimum atomic E-state index is -0.265. The molecule has 106 valence electrons. The van der Waals surface area contributed by atoms with Crippen molar-refractivity contribution in [3.63, 3.8) is 0 Å². The van der Waals surface area contributed by atoms with Gasteiger partial charge in [-0.05, 0) is 12.8 Å². The monoisotopic (exact) mass is 288 g/mol. The van der Waals surface area contributed by atoms with E-state index in [1.54, 1.807) is 4.57 Å². The number of H-pyrrole nitrogens is 1. The summed E-state index contributed by atoms with van der Waals surface area (Å²) in [5.74, 6) is 0. The summed E-state index contributed by atoms with van der Waals surface area (Å²) in [4.78, 5) is 31.6. The SMILES string of the molecule is CCCCn1c(=O)c2[nH]cnc2n(CCCC)c1=O.[NaH]. The van der Waals surface area contributed by atoms with E-state index in [-0.39, 0.29) is 40.8 Å². The third-order valence-electron chi connectivity index (χ3n) is 3.27. The Morgan fingerprint density at radius 3 is 2.30 bits per heavy atom. The van der Waals surface area contributed by atoms with Crippen LogP contribution in [0.15, 0.2) is 15.9 Å². The number of hydrogen-bond donors (Lipinski definition) is 1. The van der Waals surface area contributed by atoms with Crippen LogP contribution in [-0.2, 0) is 13.1 Å². The molecule has 1 N–H and O–H groups in total. The van der Waals surface area contributed by atoms with Crippen molar-refractivity contribution in [1.82, 2.24) is 19.1 Å². The number of hydrogen-bond acceptors (Lipinski definition) is 3. The molecule has 0 spiro atoms. The van der Waals surface area contributed by atoms with Gasteiger partial charge in [0.25, 0.3) is 5.56 Å². The Morgan fingerprint density at radius 2 is 1.70 bits per heavy atom. The molecule has 0 saturated heterocycles. The number of aryl methyl sites for hydroxylation is 1. The van der Waals surface area contributed by atoms with E-state index in [1.807, 2.05) is 6.92 Å². The summed E-state index contributed by atoms with van der Waals surface area (Å²) in [7, 11) is 0. The molecular weight excluding hydrogens is 267 g/mol. The van der Waals surface area contributed by atoms with Gasteiger partial charge in [0.1, 0.15) is 5.52 Å². The Hall–Kier alpha value is -0.850. The van der Waals surface area contributed by atoms with Gasteiger partial charge in [-0.15, -0.1) is 0 Å². The molecule has 2 aromatic rings. The molecule has 0 unspecified atom stereocenters. The number of imidazole rings is 1. The van der Waals surface area contributed by atoms with Crippen molar-refractivity contribution in [1.29, 1.82) is 0 Å². The number of rotatable bonds is 6. The van der Waals surface area contributed by atoms with Crippen molar-refractivity contribution in [2.24, 2.45) is 0 Å². The second kappa shape index (κ2) is 7.81. The zero-order valence-electron chi connectivity index (χ0n) is 11.5. The molecule has 20 heavy (non-hydrogen) atoms. The first-order valence-corrected chi connectivity index (χ1v) is 6.87. The quantitative estimate of drug-likeness (QED) is 0.800. The number of nitrogens with one attached hydrogen (secondary N) is 1. The molecule has 0 aliphatic heterocycles. The number of aromatic nitrogens is 4. The van der Waals surface area contributed by atoms with E-state index in [0.29, 0.717) is 24.3 Å². The molecule has 0 aromatic carbocycles. The Balaban J connectivity index is 0.00000200. The molecule has 0 bridgehead atoms. The maximum absolute atomic E-state index is 12.4. The van der Waals surface area contributed by atoms with Crippen molar-refractivity contribution in [2.45, 2.75) is 52.6 Å². The van der Waals surface area contributed by atoms with Crippen molar-refractivity contribution in [2.75, 3.05) is 0 Å². The van der Waals surface area contributed by atoms with Gasteiger partial charge in [0.05, 0.1) is 6.33 Å². The van der Waals surface area contributed by atoms with Crippen LogP contribution in [0.3, 0.4) is 0 Å². The van der Waals surface area contributed by atoms with Crippen LogP contribution >= 0.6 is 0 Å². The third kappa shape index (κ3) is 3.24. The minimum absolute atomic E-state index is 0. The molecule has 0 aliphatic carbocycles. The molecular formula is C13H21N4NaO2. The molecule has 0 atom stereocenters. The van der Waals surface area contributed by atoms with Crippen LogP contribution in [0.4, 0.5) is 0 Å². The standard InChI is InChI=1S/C13H20N4O2.Na.H/c1-3-5-7-16-11-10(14-9-15-11)12(18)17(13(16)19)8-6-4-2;;/h9H,3-8H2,1-2H3,(H,14,15);;. The normalized spacial score (nSPS) is 10.7. The fraction of sp³-hybridized carbons (Fsp3) is 0.615. The number of fused-ring (bicyclic) bond motifs is 1. The summed E-state index contributed by atoms with van der Waals surface area (Å²) in [6.07, 6.45) is 5.13. The summed E-state index contributed by atoms with van der Waals surface area (Å²) in [6.45, 7) is 5.17. The molecule has 2 heterocycles.